The van der Waals surface area contributed by atoms with Crippen LogP contribution in [0.25, 0.3) is 139 Å². The van der Waals surface area contributed by atoms with E-state index in [1.54, 1.807) is 0 Å². The van der Waals surface area contributed by atoms with Crippen LogP contribution in [0.4, 0.5) is 0 Å². The van der Waals surface area contributed by atoms with Crippen LogP contribution in [0, 0.1) is 6.92 Å². The lowest BCUT2D eigenvalue weighted by Crippen LogP contribution is -1.97. The molecule has 5 nitrogen and oxygen atoms in total. The van der Waals surface area contributed by atoms with Crippen LogP contribution in [-0.4, -0.2) is 23.7 Å². The fourth-order valence-corrected chi connectivity index (χ4v) is 11.8. The smallest absolute Gasteiger partial charge is 0.160 e. The normalized spacial score (nSPS) is 11.8. The number of aryl methyl sites for hydroxylation is 1. The predicted octanol–water partition coefficient (Wildman–Crippen LogP) is 18.4. The molecular weight excluding hydrogens is 923 g/mol. The molecule has 0 saturated carbocycles. The zero-order valence-corrected chi connectivity index (χ0v) is 41.6. The highest BCUT2D eigenvalue weighted by molar-refractivity contribution is 6.14. The molecule has 0 fully saturated rings. The van der Waals surface area contributed by atoms with Crippen LogP contribution in [0.2, 0.25) is 0 Å². The van der Waals surface area contributed by atoms with Gasteiger partial charge in [0.25, 0.3) is 0 Å². The van der Waals surface area contributed by atoms with Gasteiger partial charge in [-0.25, -0.2) is 9.97 Å². The molecule has 4 heterocycles. The molecule has 0 saturated heterocycles. The molecule has 0 bridgehead atoms. The van der Waals surface area contributed by atoms with E-state index in [9.17, 15) is 0 Å². The summed E-state index contributed by atoms with van der Waals surface area (Å²) in [6, 6.07) is 96.3. The predicted molar refractivity (Wildman–Crippen MR) is 317 cm³/mol. The molecule has 0 aliphatic rings. The lowest BCUT2D eigenvalue weighted by molar-refractivity contribution is 1.15. The van der Waals surface area contributed by atoms with Crippen LogP contribution in [0.5, 0.6) is 0 Å². The van der Waals surface area contributed by atoms with Gasteiger partial charge >= 0.3 is 0 Å². The maximum Gasteiger partial charge on any atom is 0.160 e. The Labute approximate surface area is 439 Å². The van der Waals surface area contributed by atoms with Crippen LogP contribution in [0.3, 0.4) is 0 Å². The number of hydrogen-bond acceptors (Lipinski definition) is 2. The van der Waals surface area contributed by atoms with E-state index in [1.807, 2.05) is 36.4 Å². The Balaban J connectivity index is 0.802. The van der Waals surface area contributed by atoms with Crippen molar-refractivity contribution in [3.63, 3.8) is 0 Å². The molecule has 0 unspecified atom stereocenters. The second-order valence-electron chi connectivity index (χ2n) is 19.8. The Morgan fingerprint density at radius 1 is 0.250 bits per heavy atom. The minimum atomic E-state index is 0.713. The average Bonchev–Trinajstić information content (AvgIpc) is 4.15. The van der Waals surface area contributed by atoms with Gasteiger partial charge in [-0.3, -0.25) is 0 Å². The average molecular weight is 970 g/mol. The topological polar surface area (TPSA) is 40.6 Å². The monoisotopic (exact) mass is 969 g/mol. The number of aromatic nitrogens is 5. The zero-order chi connectivity index (χ0) is 50.3. The van der Waals surface area contributed by atoms with Gasteiger partial charge in [0.1, 0.15) is 0 Å². The van der Waals surface area contributed by atoms with Gasteiger partial charge in [-0.15, -0.1) is 0 Å². The third-order valence-corrected chi connectivity index (χ3v) is 15.4. The highest BCUT2D eigenvalue weighted by Gasteiger charge is 2.20. The van der Waals surface area contributed by atoms with Gasteiger partial charge in [-0.1, -0.05) is 188 Å². The van der Waals surface area contributed by atoms with Crippen molar-refractivity contribution in [3.05, 3.63) is 272 Å². The Hall–Kier alpha value is -10.1. The fourth-order valence-electron chi connectivity index (χ4n) is 11.8. The number of rotatable bonds is 8. The molecule has 0 aliphatic heterocycles. The molecule has 4 aromatic heterocycles. The van der Waals surface area contributed by atoms with Crippen molar-refractivity contribution < 1.29 is 0 Å². The molecule has 15 rings (SSSR count). The summed E-state index contributed by atoms with van der Waals surface area (Å²) >= 11 is 0. The first-order chi connectivity index (χ1) is 37.6. The summed E-state index contributed by atoms with van der Waals surface area (Å²) in [5.41, 5.74) is 21.3. The number of nitrogens with zero attached hydrogens (tertiary/aromatic N) is 5. The molecule has 0 spiro atoms. The molecule has 76 heavy (non-hydrogen) atoms. The van der Waals surface area contributed by atoms with E-state index >= 15 is 0 Å². The van der Waals surface area contributed by atoms with Gasteiger partial charge in [-0.05, 0) is 114 Å². The maximum absolute atomic E-state index is 5.06. The summed E-state index contributed by atoms with van der Waals surface area (Å²) in [4.78, 5) is 10.0. The largest absolute Gasteiger partial charge is 0.309 e. The van der Waals surface area contributed by atoms with Gasteiger partial charge in [0, 0.05) is 66.1 Å². The summed E-state index contributed by atoms with van der Waals surface area (Å²) < 4.78 is 7.30. The van der Waals surface area contributed by atoms with E-state index in [4.69, 9.17) is 9.97 Å². The quantitative estimate of drug-likeness (QED) is 0.152. The summed E-state index contributed by atoms with van der Waals surface area (Å²) in [6.45, 7) is 2.24. The van der Waals surface area contributed by atoms with Crippen LogP contribution in [0.15, 0.2) is 267 Å². The van der Waals surface area contributed by atoms with Crippen molar-refractivity contribution in [1.82, 2.24) is 23.7 Å². The van der Waals surface area contributed by atoms with Crippen molar-refractivity contribution in [2.45, 2.75) is 6.92 Å². The Morgan fingerprint density at radius 2 is 0.592 bits per heavy atom. The van der Waals surface area contributed by atoms with Crippen molar-refractivity contribution in [3.8, 4) is 73.2 Å². The highest BCUT2D eigenvalue weighted by Crippen LogP contribution is 2.41. The van der Waals surface area contributed by atoms with Gasteiger partial charge in [-0.2, -0.15) is 0 Å². The molecule has 5 heteroatoms. The van der Waals surface area contributed by atoms with Crippen molar-refractivity contribution in [2.75, 3.05) is 0 Å². The van der Waals surface area contributed by atoms with Crippen LogP contribution < -0.4 is 0 Å². The van der Waals surface area contributed by atoms with E-state index in [0.29, 0.717) is 5.82 Å². The second kappa shape index (κ2) is 17.5. The third-order valence-electron chi connectivity index (χ3n) is 15.4. The van der Waals surface area contributed by atoms with Gasteiger partial charge < -0.3 is 13.7 Å². The first-order valence-corrected chi connectivity index (χ1v) is 26.0. The number of para-hydroxylation sites is 4. The second-order valence-corrected chi connectivity index (χ2v) is 19.8. The first-order valence-electron chi connectivity index (χ1n) is 26.0. The minimum absolute atomic E-state index is 0.713. The lowest BCUT2D eigenvalue weighted by atomic mass is 9.96. The fraction of sp³-hybridized carbons (Fsp3) is 0.0141. The SMILES string of the molecule is Cc1cc(-n2c3ccc(-n4c5ccccc5c5ccccc54)cc3c3cc(-n4c5ccccc5c5ccccc54)ccc32)ccc1-c1ccc(-c2ccc(-c3cc(-c4ccccc4)nc(-c4ccccc4)n3)cc2)cc1. The standard InChI is InChI=1S/C71H47N5/c1-46-42-53(36-39-56(46)49-32-28-47(29-33-49)48-30-34-51(35-31-48)64-45-63(50-16-4-2-5-17-50)72-71(73-64)52-18-6-3-7-19-52)74-69-40-37-54(75-65-24-12-8-20-57(65)58-21-9-13-25-66(58)75)43-61(69)62-44-55(38-41-70(62)74)76-67-26-14-10-22-59(67)60-23-11-15-27-68(60)76/h2-45H,1H3. The zero-order valence-electron chi connectivity index (χ0n) is 41.6. The molecule has 15 aromatic rings. The van der Waals surface area contributed by atoms with Crippen molar-refractivity contribution >= 4 is 65.4 Å². The number of hydrogen-bond donors (Lipinski definition) is 0. The van der Waals surface area contributed by atoms with Gasteiger partial charge in [0.15, 0.2) is 5.82 Å². The van der Waals surface area contributed by atoms with Gasteiger partial charge in [0.05, 0.1) is 44.5 Å². The van der Waals surface area contributed by atoms with E-state index in [-0.39, 0.29) is 0 Å². The summed E-state index contributed by atoms with van der Waals surface area (Å²) in [5.74, 6) is 0.713. The lowest BCUT2D eigenvalue weighted by Gasteiger charge is -2.14. The highest BCUT2D eigenvalue weighted by atomic mass is 15.0. The first kappa shape index (κ1) is 43.5. The molecule has 0 aliphatic carbocycles. The molecule has 356 valence electrons. The van der Waals surface area contributed by atoms with Gasteiger partial charge in [0.2, 0.25) is 0 Å². The number of benzene rings is 11. The Morgan fingerprint density at radius 3 is 1.04 bits per heavy atom. The molecule has 11 aromatic carbocycles. The van der Waals surface area contributed by atoms with Crippen LogP contribution >= 0.6 is 0 Å². The molecule has 0 radical (unpaired) electrons. The summed E-state index contributed by atoms with van der Waals surface area (Å²) in [6.07, 6.45) is 0. The van der Waals surface area contributed by atoms with Crippen LogP contribution in [-0.2, 0) is 0 Å². The van der Waals surface area contributed by atoms with E-state index in [1.165, 1.54) is 71.1 Å². The maximum atomic E-state index is 5.06. The third kappa shape index (κ3) is 7.08. The Bertz CT molecular complexity index is 4400. The van der Waals surface area contributed by atoms with E-state index in [0.717, 1.165) is 67.3 Å². The van der Waals surface area contributed by atoms with Crippen LogP contribution in [0.1, 0.15) is 5.56 Å². The van der Waals surface area contributed by atoms with Crippen molar-refractivity contribution in [2.24, 2.45) is 0 Å². The molecule has 0 amide bonds. The number of fused-ring (bicyclic) bond motifs is 9. The molecular formula is C71H47N5. The van der Waals surface area contributed by atoms with Crippen molar-refractivity contribution in [1.29, 1.82) is 0 Å². The molecule has 0 N–H and O–H groups in total. The van der Waals surface area contributed by atoms with E-state index < -0.39 is 0 Å². The summed E-state index contributed by atoms with van der Waals surface area (Å²) in [5, 5.41) is 7.42. The Kier molecular flexibility index (Phi) is 10.0. The van der Waals surface area contributed by atoms with E-state index in [2.05, 4.69) is 251 Å². The summed E-state index contributed by atoms with van der Waals surface area (Å²) in [7, 11) is 0. The minimum Gasteiger partial charge on any atom is -0.309 e. The molecule has 0 atom stereocenters.